The van der Waals surface area contributed by atoms with E-state index in [1.54, 1.807) is 6.33 Å². The fraction of sp³-hybridized carbons (Fsp3) is 0.526. The van der Waals surface area contributed by atoms with Gasteiger partial charge in [-0.15, -0.1) is 0 Å². The van der Waals surface area contributed by atoms with Crippen molar-refractivity contribution in [2.24, 2.45) is 0 Å². The molecule has 1 saturated heterocycles. The van der Waals surface area contributed by atoms with Crippen LogP contribution in [-0.2, 0) is 6.54 Å². The molecule has 3 heterocycles. The molecule has 8 heteroatoms. The van der Waals surface area contributed by atoms with Crippen molar-refractivity contribution in [2.45, 2.75) is 25.4 Å². The molecule has 8 nitrogen and oxygen atoms in total. The summed E-state index contributed by atoms with van der Waals surface area (Å²) in [5.41, 5.74) is -0.151. The number of aromatic nitrogens is 2. The van der Waals surface area contributed by atoms with Gasteiger partial charge in [-0.1, -0.05) is 0 Å². The van der Waals surface area contributed by atoms with Crippen LogP contribution in [0.1, 0.15) is 18.6 Å². The average Bonchev–Trinajstić information content (AvgIpc) is 2.68. The van der Waals surface area contributed by atoms with Crippen molar-refractivity contribution in [2.75, 3.05) is 51.1 Å². The van der Waals surface area contributed by atoms with E-state index in [0.717, 1.165) is 37.6 Å². The number of rotatable bonds is 6. The monoisotopic (exact) mass is 373 g/mol. The third-order valence-electron chi connectivity index (χ3n) is 4.94. The molecule has 0 spiro atoms. The van der Waals surface area contributed by atoms with Gasteiger partial charge in [0.25, 0.3) is 0 Å². The Bertz CT molecular complexity index is 823. The normalized spacial score (nSPS) is 17.6. The van der Waals surface area contributed by atoms with Gasteiger partial charge in [0.15, 0.2) is 0 Å². The highest BCUT2D eigenvalue weighted by atomic mass is 16.5. The molecule has 0 radical (unpaired) electrons. The van der Waals surface area contributed by atoms with Crippen LogP contribution in [-0.4, -0.2) is 62.3 Å². The lowest BCUT2D eigenvalue weighted by molar-refractivity contribution is 0.183. The van der Waals surface area contributed by atoms with E-state index < -0.39 is 0 Å². The summed E-state index contributed by atoms with van der Waals surface area (Å²) in [4.78, 5) is 27.1. The molecule has 0 bridgehead atoms. The lowest BCUT2D eigenvalue weighted by Crippen LogP contribution is -2.46. The number of likely N-dealkylation sites (N-methyl/N-ethyl adjacent to an activating group) is 1. The Hall–Kier alpha value is -2.61. The maximum absolute atomic E-state index is 11.9. The van der Waals surface area contributed by atoms with Crippen LogP contribution in [0.3, 0.4) is 0 Å². The predicted octanol–water partition coefficient (Wildman–Crippen LogP) is 1.61. The van der Waals surface area contributed by atoms with E-state index in [-0.39, 0.29) is 11.2 Å². The van der Waals surface area contributed by atoms with Crippen LogP contribution < -0.4 is 20.0 Å². The molecule has 1 unspecified atom stereocenters. The van der Waals surface area contributed by atoms with Crippen LogP contribution in [0, 0.1) is 0 Å². The Labute approximate surface area is 159 Å². The van der Waals surface area contributed by atoms with E-state index in [1.165, 1.54) is 19.4 Å². The molecule has 0 aliphatic carbocycles. The molecule has 0 N–H and O–H groups in total. The SMILES string of the molecule is COc1coc(CN2CCCC(N(C)c3cc(N(C)C)ncn3)C2)cc1=O. The molecule has 1 atom stereocenters. The molecule has 1 aliphatic heterocycles. The number of likely N-dealkylation sites (tertiary alicyclic amines) is 1. The number of hydrogen-bond donors (Lipinski definition) is 0. The van der Waals surface area contributed by atoms with E-state index in [4.69, 9.17) is 9.15 Å². The van der Waals surface area contributed by atoms with Crippen LogP contribution in [0.5, 0.6) is 5.75 Å². The number of piperidine rings is 1. The van der Waals surface area contributed by atoms with Gasteiger partial charge in [-0.3, -0.25) is 9.69 Å². The van der Waals surface area contributed by atoms with E-state index >= 15 is 0 Å². The summed E-state index contributed by atoms with van der Waals surface area (Å²) in [7, 11) is 7.48. The maximum Gasteiger partial charge on any atom is 0.227 e. The molecular weight excluding hydrogens is 346 g/mol. The predicted molar refractivity (Wildman–Crippen MR) is 105 cm³/mol. The molecule has 0 aromatic carbocycles. The van der Waals surface area contributed by atoms with Gasteiger partial charge in [0.1, 0.15) is 30.0 Å². The van der Waals surface area contributed by atoms with Gasteiger partial charge in [-0.05, 0) is 19.4 Å². The Morgan fingerprint density at radius 2 is 2.04 bits per heavy atom. The first-order valence-corrected chi connectivity index (χ1v) is 9.08. The zero-order valence-corrected chi connectivity index (χ0v) is 16.4. The Balaban J connectivity index is 1.67. The third kappa shape index (κ3) is 4.57. The number of ether oxygens (including phenoxy) is 1. The molecule has 1 fully saturated rings. The molecular formula is C19H27N5O3. The Kier molecular flexibility index (Phi) is 5.95. The van der Waals surface area contributed by atoms with Gasteiger partial charge in [0.05, 0.1) is 13.7 Å². The number of methoxy groups -OCH3 is 1. The minimum Gasteiger partial charge on any atom is -0.490 e. The molecule has 27 heavy (non-hydrogen) atoms. The minimum atomic E-state index is -0.151. The first kappa shape index (κ1) is 19.2. The summed E-state index contributed by atoms with van der Waals surface area (Å²) in [5.74, 6) is 2.69. The molecule has 0 amide bonds. The molecule has 2 aromatic rings. The standard InChI is InChI=1S/C19H27N5O3/c1-22(2)18-9-19(21-13-20-18)23(3)14-6-5-7-24(10-14)11-15-8-16(25)17(26-4)12-27-15/h8-9,12-14H,5-7,10-11H2,1-4H3. The summed E-state index contributed by atoms with van der Waals surface area (Å²) in [6.45, 7) is 2.47. The van der Waals surface area contributed by atoms with Gasteiger partial charge in [0, 0.05) is 45.9 Å². The number of nitrogens with zero attached hydrogens (tertiary/aromatic N) is 5. The van der Waals surface area contributed by atoms with Crippen molar-refractivity contribution in [1.29, 1.82) is 0 Å². The van der Waals surface area contributed by atoms with Crippen molar-refractivity contribution in [3.05, 3.63) is 40.7 Å². The van der Waals surface area contributed by atoms with E-state index in [2.05, 4.69) is 26.8 Å². The third-order valence-corrected chi connectivity index (χ3v) is 4.94. The number of anilines is 2. The molecule has 3 rings (SSSR count). The van der Waals surface area contributed by atoms with Gasteiger partial charge in [-0.2, -0.15) is 0 Å². The Morgan fingerprint density at radius 3 is 2.74 bits per heavy atom. The minimum absolute atomic E-state index is 0.151. The van der Waals surface area contributed by atoms with E-state index in [1.807, 2.05) is 25.1 Å². The van der Waals surface area contributed by atoms with Gasteiger partial charge < -0.3 is 19.0 Å². The van der Waals surface area contributed by atoms with Crippen molar-refractivity contribution in [3.63, 3.8) is 0 Å². The van der Waals surface area contributed by atoms with Gasteiger partial charge in [-0.25, -0.2) is 9.97 Å². The van der Waals surface area contributed by atoms with Crippen LogP contribution >= 0.6 is 0 Å². The second kappa shape index (κ2) is 8.39. The first-order valence-electron chi connectivity index (χ1n) is 9.08. The van der Waals surface area contributed by atoms with Crippen LogP contribution in [0.25, 0.3) is 0 Å². The smallest absolute Gasteiger partial charge is 0.227 e. The highest BCUT2D eigenvalue weighted by molar-refractivity contribution is 5.49. The molecule has 2 aromatic heterocycles. The van der Waals surface area contributed by atoms with Crippen LogP contribution in [0.2, 0.25) is 0 Å². The van der Waals surface area contributed by atoms with Crippen molar-refractivity contribution in [3.8, 4) is 5.75 Å². The Morgan fingerprint density at radius 1 is 1.26 bits per heavy atom. The summed E-state index contributed by atoms with van der Waals surface area (Å²) in [5, 5.41) is 0. The van der Waals surface area contributed by atoms with Gasteiger partial charge in [0.2, 0.25) is 11.2 Å². The summed E-state index contributed by atoms with van der Waals surface area (Å²) in [6, 6.07) is 3.86. The second-order valence-electron chi connectivity index (χ2n) is 7.05. The lowest BCUT2D eigenvalue weighted by atomic mass is 10.0. The fourth-order valence-electron chi connectivity index (χ4n) is 3.34. The first-order chi connectivity index (χ1) is 13.0. The zero-order chi connectivity index (χ0) is 19.4. The van der Waals surface area contributed by atoms with Crippen LogP contribution in [0.4, 0.5) is 11.6 Å². The van der Waals surface area contributed by atoms with Crippen molar-refractivity contribution in [1.82, 2.24) is 14.9 Å². The summed E-state index contributed by atoms with van der Waals surface area (Å²) < 4.78 is 10.5. The highest BCUT2D eigenvalue weighted by Crippen LogP contribution is 2.23. The van der Waals surface area contributed by atoms with Crippen molar-refractivity contribution >= 4 is 11.6 Å². The molecule has 0 saturated carbocycles. The van der Waals surface area contributed by atoms with Crippen molar-refractivity contribution < 1.29 is 9.15 Å². The van der Waals surface area contributed by atoms with E-state index in [9.17, 15) is 4.79 Å². The summed E-state index contributed by atoms with van der Waals surface area (Å²) in [6.07, 6.45) is 5.17. The second-order valence-corrected chi connectivity index (χ2v) is 7.05. The largest absolute Gasteiger partial charge is 0.490 e. The molecule has 1 aliphatic rings. The lowest BCUT2D eigenvalue weighted by Gasteiger charge is -2.38. The highest BCUT2D eigenvalue weighted by Gasteiger charge is 2.25. The molecule has 146 valence electrons. The maximum atomic E-state index is 11.9. The zero-order valence-electron chi connectivity index (χ0n) is 16.4. The quantitative estimate of drug-likeness (QED) is 0.756. The number of hydrogen-bond acceptors (Lipinski definition) is 8. The average molecular weight is 373 g/mol. The fourth-order valence-corrected chi connectivity index (χ4v) is 3.34. The van der Waals surface area contributed by atoms with E-state index in [0.29, 0.717) is 18.3 Å². The van der Waals surface area contributed by atoms with Gasteiger partial charge >= 0.3 is 0 Å². The topological polar surface area (TPSA) is 74.9 Å². The summed E-state index contributed by atoms with van der Waals surface area (Å²) >= 11 is 0. The van der Waals surface area contributed by atoms with Crippen LogP contribution in [0.15, 0.2) is 33.9 Å².